The van der Waals surface area contributed by atoms with Crippen LogP contribution in [0.3, 0.4) is 0 Å². The fourth-order valence-corrected chi connectivity index (χ4v) is 2.90. The van der Waals surface area contributed by atoms with Gasteiger partial charge in [0.2, 0.25) is 11.9 Å². The first-order valence-electron chi connectivity index (χ1n) is 7.09. The molecule has 1 saturated heterocycles. The summed E-state index contributed by atoms with van der Waals surface area (Å²) >= 11 is 0. The van der Waals surface area contributed by atoms with E-state index in [9.17, 15) is 4.79 Å². The largest absolute Gasteiger partial charge is 0.324 e. The molecule has 5 nitrogen and oxygen atoms in total. The second-order valence-electron chi connectivity index (χ2n) is 5.79. The van der Waals surface area contributed by atoms with Crippen LogP contribution in [0.1, 0.15) is 20.3 Å². The van der Waals surface area contributed by atoms with Crippen molar-refractivity contribution in [3.8, 4) is 0 Å². The van der Waals surface area contributed by atoms with Crippen LogP contribution >= 0.6 is 0 Å². The molecule has 0 spiro atoms. The summed E-state index contributed by atoms with van der Waals surface area (Å²) in [4.78, 5) is 20.2. The Bertz CT molecular complexity index is 593. The third kappa shape index (κ3) is 2.08. The van der Waals surface area contributed by atoms with Crippen molar-refractivity contribution in [2.24, 2.45) is 11.3 Å². The number of rotatable bonds is 3. The zero-order valence-electron chi connectivity index (χ0n) is 11.9. The monoisotopic (exact) mass is 272 g/mol. The van der Waals surface area contributed by atoms with Gasteiger partial charge in [0.05, 0.1) is 16.4 Å². The smallest absolute Gasteiger partial charge is 0.234 e. The summed E-state index contributed by atoms with van der Waals surface area (Å²) in [5.41, 5.74) is 1.47. The molecular weight excluding hydrogens is 252 g/mol. The van der Waals surface area contributed by atoms with E-state index in [0.717, 1.165) is 30.5 Å². The summed E-state index contributed by atoms with van der Waals surface area (Å²) in [6, 6.07) is 7.76. The number of imidazole rings is 1. The maximum atomic E-state index is 12.6. The molecule has 0 radical (unpaired) electrons. The van der Waals surface area contributed by atoms with Crippen LogP contribution < -0.4 is 10.6 Å². The first-order valence-corrected chi connectivity index (χ1v) is 7.09. The fourth-order valence-electron chi connectivity index (χ4n) is 2.90. The lowest BCUT2D eigenvalue weighted by Gasteiger charge is -2.30. The number of hydrogen-bond acceptors (Lipinski definition) is 3. The van der Waals surface area contributed by atoms with E-state index in [2.05, 4.69) is 34.4 Å². The maximum absolute atomic E-state index is 12.6. The standard InChI is InChI=1S/C15H20N4O/c1-10(2)15(7-8-16-9-15)13(20)19-14-17-11-5-3-4-6-12(11)18-14/h3-6,10,16H,7-9H2,1-2H3,(H2,17,18,19,20). The number of H-pyrrole nitrogens is 1. The van der Waals surface area contributed by atoms with E-state index < -0.39 is 0 Å². The molecule has 1 aliphatic rings. The van der Waals surface area contributed by atoms with Gasteiger partial charge < -0.3 is 10.3 Å². The fraction of sp³-hybridized carbons (Fsp3) is 0.467. The van der Waals surface area contributed by atoms with Crippen LogP contribution in [0, 0.1) is 11.3 Å². The number of para-hydroxylation sites is 2. The minimum Gasteiger partial charge on any atom is -0.324 e. The average molecular weight is 272 g/mol. The Hall–Kier alpha value is -1.88. The molecule has 2 aromatic rings. The van der Waals surface area contributed by atoms with Gasteiger partial charge >= 0.3 is 0 Å². The summed E-state index contributed by atoms with van der Waals surface area (Å²) in [5.74, 6) is 0.876. The van der Waals surface area contributed by atoms with Gasteiger partial charge in [0.15, 0.2) is 0 Å². The molecule has 1 unspecified atom stereocenters. The Morgan fingerprint density at radius 2 is 2.20 bits per heavy atom. The van der Waals surface area contributed by atoms with E-state index >= 15 is 0 Å². The molecule has 106 valence electrons. The number of fused-ring (bicyclic) bond motifs is 1. The Kier molecular flexibility index (Phi) is 3.22. The van der Waals surface area contributed by atoms with Crippen LogP contribution in [0.5, 0.6) is 0 Å². The second-order valence-corrected chi connectivity index (χ2v) is 5.79. The molecule has 1 fully saturated rings. The Morgan fingerprint density at radius 1 is 1.40 bits per heavy atom. The van der Waals surface area contributed by atoms with Crippen LogP contribution in [0.4, 0.5) is 5.95 Å². The first kappa shape index (κ1) is 13.1. The summed E-state index contributed by atoms with van der Waals surface area (Å²) < 4.78 is 0. The molecule has 1 atom stereocenters. The Balaban J connectivity index is 1.84. The van der Waals surface area contributed by atoms with Crippen molar-refractivity contribution in [3.05, 3.63) is 24.3 Å². The van der Waals surface area contributed by atoms with Gasteiger partial charge in [-0.05, 0) is 31.0 Å². The number of nitrogens with one attached hydrogen (secondary N) is 3. The zero-order valence-corrected chi connectivity index (χ0v) is 11.9. The van der Waals surface area contributed by atoms with Crippen molar-refractivity contribution in [1.29, 1.82) is 0 Å². The Labute approximate surface area is 118 Å². The van der Waals surface area contributed by atoms with Crippen molar-refractivity contribution < 1.29 is 4.79 Å². The van der Waals surface area contributed by atoms with Crippen molar-refractivity contribution >= 4 is 22.9 Å². The summed E-state index contributed by atoms with van der Waals surface area (Å²) in [6.07, 6.45) is 0.872. The minimum atomic E-state index is -0.334. The predicted molar refractivity (Wildman–Crippen MR) is 79.5 cm³/mol. The van der Waals surface area contributed by atoms with Crippen molar-refractivity contribution in [1.82, 2.24) is 15.3 Å². The summed E-state index contributed by atoms with van der Waals surface area (Å²) in [6.45, 7) is 5.83. The number of anilines is 1. The van der Waals surface area contributed by atoms with Crippen LogP contribution in [0.15, 0.2) is 24.3 Å². The second kappa shape index (κ2) is 4.90. The van der Waals surface area contributed by atoms with E-state index in [1.165, 1.54) is 0 Å². The molecule has 1 aromatic carbocycles. The van der Waals surface area contributed by atoms with Gasteiger partial charge in [-0.2, -0.15) is 0 Å². The molecule has 0 saturated carbocycles. The summed E-state index contributed by atoms with van der Waals surface area (Å²) in [5, 5.41) is 6.25. The highest BCUT2D eigenvalue weighted by atomic mass is 16.2. The van der Waals surface area contributed by atoms with Crippen LogP contribution in [0.2, 0.25) is 0 Å². The Morgan fingerprint density at radius 3 is 2.85 bits per heavy atom. The van der Waals surface area contributed by atoms with E-state index in [1.807, 2.05) is 24.3 Å². The van der Waals surface area contributed by atoms with Gasteiger partial charge in [-0.15, -0.1) is 0 Å². The quantitative estimate of drug-likeness (QED) is 0.801. The SMILES string of the molecule is CC(C)C1(C(=O)Nc2nc3ccccc3[nH]2)CCNC1. The molecule has 1 amide bonds. The highest BCUT2D eigenvalue weighted by Gasteiger charge is 2.44. The van der Waals surface area contributed by atoms with Gasteiger partial charge in [0, 0.05) is 6.54 Å². The number of hydrogen-bond donors (Lipinski definition) is 3. The van der Waals surface area contributed by atoms with Crippen molar-refractivity contribution in [2.75, 3.05) is 18.4 Å². The van der Waals surface area contributed by atoms with E-state index in [-0.39, 0.29) is 11.3 Å². The van der Waals surface area contributed by atoms with Crippen molar-refractivity contribution in [3.63, 3.8) is 0 Å². The van der Waals surface area contributed by atoms with Crippen LogP contribution in [-0.4, -0.2) is 29.0 Å². The van der Waals surface area contributed by atoms with Crippen LogP contribution in [-0.2, 0) is 4.79 Å². The van der Waals surface area contributed by atoms with Crippen molar-refractivity contribution in [2.45, 2.75) is 20.3 Å². The van der Waals surface area contributed by atoms with Gasteiger partial charge in [-0.25, -0.2) is 4.98 Å². The van der Waals surface area contributed by atoms with Gasteiger partial charge in [-0.1, -0.05) is 26.0 Å². The molecule has 0 bridgehead atoms. The van der Waals surface area contributed by atoms with Gasteiger partial charge in [0.25, 0.3) is 0 Å². The topological polar surface area (TPSA) is 69.8 Å². The molecule has 1 aromatic heterocycles. The molecule has 20 heavy (non-hydrogen) atoms. The number of benzene rings is 1. The number of nitrogens with zero attached hydrogens (tertiary/aromatic N) is 1. The zero-order chi connectivity index (χ0) is 14.2. The van der Waals surface area contributed by atoms with Gasteiger partial charge in [-0.3, -0.25) is 10.1 Å². The summed E-state index contributed by atoms with van der Waals surface area (Å²) in [7, 11) is 0. The molecular formula is C15H20N4O. The lowest BCUT2D eigenvalue weighted by molar-refractivity contribution is -0.126. The number of carbonyl (C=O) groups is 1. The average Bonchev–Trinajstić information content (AvgIpc) is 3.05. The lowest BCUT2D eigenvalue weighted by atomic mass is 9.75. The molecule has 2 heterocycles. The van der Waals surface area contributed by atoms with E-state index in [1.54, 1.807) is 0 Å². The van der Waals surface area contributed by atoms with E-state index in [4.69, 9.17) is 0 Å². The first-order chi connectivity index (χ1) is 9.62. The minimum absolute atomic E-state index is 0.0524. The number of carbonyl (C=O) groups excluding carboxylic acids is 1. The third-order valence-electron chi connectivity index (χ3n) is 4.37. The molecule has 1 aliphatic heterocycles. The number of aromatic amines is 1. The third-order valence-corrected chi connectivity index (χ3v) is 4.37. The highest BCUT2D eigenvalue weighted by molar-refractivity contribution is 5.95. The predicted octanol–water partition coefficient (Wildman–Crippen LogP) is 2.14. The number of aromatic nitrogens is 2. The normalized spacial score (nSPS) is 22.6. The lowest BCUT2D eigenvalue weighted by Crippen LogP contribution is -2.42. The molecule has 0 aliphatic carbocycles. The number of amides is 1. The van der Waals surface area contributed by atoms with Crippen LogP contribution in [0.25, 0.3) is 11.0 Å². The molecule has 3 rings (SSSR count). The molecule has 5 heteroatoms. The van der Waals surface area contributed by atoms with Gasteiger partial charge in [0.1, 0.15) is 0 Å². The van der Waals surface area contributed by atoms with E-state index in [0.29, 0.717) is 11.9 Å². The maximum Gasteiger partial charge on any atom is 0.234 e. The molecule has 3 N–H and O–H groups in total. The highest BCUT2D eigenvalue weighted by Crippen LogP contribution is 2.35.